The van der Waals surface area contributed by atoms with Gasteiger partial charge in [-0.05, 0) is 41.5 Å². The molecule has 0 aliphatic carbocycles. The second kappa shape index (κ2) is 7.91. The number of imidazole rings is 1. The van der Waals surface area contributed by atoms with Gasteiger partial charge < -0.3 is 4.57 Å². The van der Waals surface area contributed by atoms with Gasteiger partial charge in [0.1, 0.15) is 0 Å². The van der Waals surface area contributed by atoms with Crippen molar-refractivity contribution in [1.29, 1.82) is 0 Å². The molecule has 22 heavy (non-hydrogen) atoms. The molecule has 4 nitrogen and oxygen atoms in total. The molecule has 1 rings (SSSR count). The molecule has 1 atom stereocenters. The average Bonchev–Trinajstić information content (AvgIpc) is 2.84. The van der Waals surface area contributed by atoms with Crippen LogP contribution in [0.4, 0.5) is 0 Å². The van der Waals surface area contributed by atoms with Crippen molar-refractivity contribution in [2.24, 2.45) is 5.92 Å². The fraction of sp³-hybridized carbons (Fsp3) is 0.778. The summed E-state index contributed by atoms with van der Waals surface area (Å²) in [4.78, 5) is 19.4. The molecule has 1 unspecified atom stereocenters. The smallest absolute Gasteiger partial charge is 0.152 e. The number of Topliss-reactive ketones (excluding diaryl/α,β-unsaturated/α-hetero) is 1. The number of rotatable bonds is 8. The zero-order chi connectivity index (χ0) is 17.0. The van der Waals surface area contributed by atoms with E-state index in [4.69, 9.17) is 0 Å². The van der Waals surface area contributed by atoms with Gasteiger partial charge in [0.15, 0.2) is 5.78 Å². The van der Waals surface area contributed by atoms with Crippen LogP contribution in [0.1, 0.15) is 67.1 Å². The topological polar surface area (TPSA) is 38.1 Å². The van der Waals surface area contributed by atoms with E-state index in [0.29, 0.717) is 23.9 Å². The zero-order valence-corrected chi connectivity index (χ0v) is 15.5. The Morgan fingerprint density at radius 3 is 2.05 bits per heavy atom. The van der Waals surface area contributed by atoms with Gasteiger partial charge in [0.2, 0.25) is 0 Å². The van der Waals surface area contributed by atoms with Crippen LogP contribution in [0.2, 0.25) is 0 Å². The lowest BCUT2D eigenvalue weighted by molar-refractivity contribution is -0.129. The van der Waals surface area contributed by atoms with Gasteiger partial charge in [-0.2, -0.15) is 0 Å². The SMILES string of the molecule is CC(C)C(=O)C(Cc1cncn1C(C)C)N(C(C)C)C(C)C. The first kappa shape index (κ1) is 18.9. The molecule has 0 fully saturated rings. The number of ketones is 1. The summed E-state index contributed by atoms with van der Waals surface area (Å²) in [5.41, 5.74) is 1.14. The molecule has 0 aliphatic rings. The normalized spacial score (nSPS) is 13.9. The molecule has 126 valence electrons. The highest BCUT2D eigenvalue weighted by Gasteiger charge is 2.32. The van der Waals surface area contributed by atoms with Crippen LogP contribution >= 0.6 is 0 Å². The second-order valence-electron chi connectivity index (χ2n) is 7.30. The van der Waals surface area contributed by atoms with Crippen molar-refractivity contribution in [3.8, 4) is 0 Å². The van der Waals surface area contributed by atoms with Gasteiger partial charge in [0, 0.05) is 42.4 Å². The fourth-order valence-corrected chi connectivity index (χ4v) is 3.21. The summed E-state index contributed by atoms with van der Waals surface area (Å²) in [6.07, 6.45) is 4.50. The minimum absolute atomic E-state index is 0.0421. The highest BCUT2D eigenvalue weighted by molar-refractivity contribution is 5.86. The Labute approximate surface area is 135 Å². The molecule has 0 aromatic carbocycles. The van der Waals surface area contributed by atoms with Crippen LogP contribution in [-0.2, 0) is 11.2 Å². The van der Waals surface area contributed by atoms with Crippen molar-refractivity contribution >= 4 is 5.78 Å². The van der Waals surface area contributed by atoms with Crippen LogP contribution in [0.5, 0.6) is 0 Å². The zero-order valence-electron chi connectivity index (χ0n) is 15.5. The van der Waals surface area contributed by atoms with Crippen LogP contribution < -0.4 is 0 Å². The Morgan fingerprint density at radius 1 is 1.09 bits per heavy atom. The van der Waals surface area contributed by atoms with E-state index >= 15 is 0 Å². The maximum atomic E-state index is 12.8. The Balaban J connectivity index is 3.15. The molecular formula is C18H33N3O. The van der Waals surface area contributed by atoms with E-state index in [-0.39, 0.29) is 12.0 Å². The molecule has 0 saturated heterocycles. The Bertz CT molecular complexity index is 466. The summed E-state index contributed by atoms with van der Waals surface area (Å²) in [5.74, 6) is 0.360. The van der Waals surface area contributed by atoms with E-state index < -0.39 is 0 Å². The van der Waals surface area contributed by atoms with Crippen molar-refractivity contribution in [2.75, 3.05) is 0 Å². The third-order valence-electron chi connectivity index (χ3n) is 4.16. The number of hydrogen-bond donors (Lipinski definition) is 0. The van der Waals surface area contributed by atoms with Crippen molar-refractivity contribution in [3.05, 3.63) is 18.2 Å². The lowest BCUT2D eigenvalue weighted by atomic mass is 9.94. The number of nitrogens with zero attached hydrogens (tertiary/aromatic N) is 3. The highest BCUT2D eigenvalue weighted by atomic mass is 16.1. The van der Waals surface area contributed by atoms with E-state index in [1.807, 2.05) is 26.4 Å². The summed E-state index contributed by atoms with van der Waals surface area (Å²) in [6.45, 7) is 16.9. The highest BCUT2D eigenvalue weighted by Crippen LogP contribution is 2.20. The quantitative estimate of drug-likeness (QED) is 0.734. The summed E-state index contributed by atoms with van der Waals surface area (Å²) in [7, 11) is 0. The predicted octanol–water partition coefficient (Wildman–Crippen LogP) is 3.72. The van der Waals surface area contributed by atoms with E-state index in [1.165, 1.54) is 0 Å². The van der Waals surface area contributed by atoms with Crippen molar-refractivity contribution < 1.29 is 4.79 Å². The molecule has 0 amide bonds. The van der Waals surface area contributed by atoms with Crippen LogP contribution in [-0.4, -0.2) is 38.4 Å². The minimum atomic E-state index is -0.0887. The van der Waals surface area contributed by atoms with Crippen LogP contribution in [0.3, 0.4) is 0 Å². The minimum Gasteiger partial charge on any atom is -0.332 e. The Hall–Kier alpha value is -1.16. The maximum Gasteiger partial charge on any atom is 0.152 e. The monoisotopic (exact) mass is 307 g/mol. The van der Waals surface area contributed by atoms with E-state index in [2.05, 4.69) is 56.0 Å². The molecule has 0 saturated carbocycles. The fourth-order valence-electron chi connectivity index (χ4n) is 3.21. The average molecular weight is 307 g/mol. The number of carbonyl (C=O) groups excluding carboxylic acids is 1. The number of aromatic nitrogens is 2. The summed E-state index contributed by atoms with van der Waals surface area (Å²) >= 11 is 0. The van der Waals surface area contributed by atoms with Crippen molar-refractivity contribution in [1.82, 2.24) is 14.5 Å². The Kier molecular flexibility index (Phi) is 6.79. The summed E-state index contributed by atoms with van der Waals surface area (Å²) < 4.78 is 2.17. The van der Waals surface area contributed by atoms with E-state index in [9.17, 15) is 4.79 Å². The molecular weight excluding hydrogens is 274 g/mol. The largest absolute Gasteiger partial charge is 0.332 e. The van der Waals surface area contributed by atoms with E-state index in [0.717, 1.165) is 12.1 Å². The van der Waals surface area contributed by atoms with E-state index in [1.54, 1.807) is 0 Å². The first-order valence-corrected chi connectivity index (χ1v) is 8.48. The lowest BCUT2D eigenvalue weighted by Crippen LogP contribution is -2.51. The first-order valence-electron chi connectivity index (χ1n) is 8.48. The molecule has 0 N–H and O–H groups in total. The molecule has 1 heterocycles. The maximum absolute atomic E-state index is 12.8. The van der Waals surface area contributed by atoms with Gasteiger partial charge in [-0.15, -0.1) is 0 Å². The standard InChI is InChI=1S/C18H33N3O/c1-12(2)18(22)17(21(14(5)6)15(7)8)9-16-10-19-11-20(16)13(3)4/h10-15,17H,9H2,1-8H3. The molecule has 0 radical (unpaired) electrons. The van der Waals surface area contributed by atoms with Gasteiger partial charge in [-0.1, -0.05) is 13.8 Å². The van der Waals surface area contributed by atoms with Crippen molar-refractivity contribution in [2.45, 2.75) is 86.0 Å². The third kappa shape index (κ3) is 4.42. The molecule has 0 aliphatic heterocycles. The lowest BCUT2D eigenvalue weighted by Gasteiger charge is -2.38. The number of carbonyl (C=O) groups is 1. The third-order valence-corrected chi connectivity index (χ3v) is 4.16. The Morgan fingerprint density at radius 2 is 1.64 bits per heavy atom. The van der Waals surface area contributed by atoms with Gasteiger partial charge in [0.25, 0.3) is 0 Å². The second-order valence-corrected chi connectivity index (χ2v) is 7.30. The number of hydrogen-bond acceptors (Lipinski definition) is 3. The van der Waals surface area contributed by atoms with Gasteiger partial charge >= 0.3 is 0 Å². The van der Waals surface area contributed by atoms with Gasteiger partial charge in [-0.25, -0.2) is 4.98 Å². The summed E-state index contributed by atoms with van der Waals surface area (Å²) in [6, 6.07) is 0.944. The molecule has 0 bridgehead atoms. The first-order chi connectivity index (χ1) is 10.2. The van der Waals surface area contributed by atoms with Crippen LogP contribution in [0.25, 0.3) is 0 Å². The summed E-state index contributed by atoms with van der Waals surface area (Å²) in [5, 5.41) is 0. The van der Waals surface area contributed by atoms with Crippen molar-refractivity contribution in [3.63, 3.8) is 0 Å². The predicted molar refractivity (Wildman–Crippen MR) is 92.1 cm³/mol. The van der Waals surface area contributed by atoms with Gasteiger partial charge in [0.05, 0.1) is 12.4 Å². The molecule has 0 spiro atoms. The molecule has 1 aromatic rings. The van der Waals surface area contributed by atoms with Crippen LogP contribution in [0, 0.1) is 5.92 Å². The van der Waals surface area contributed by atoms with Crippen LogP contribution in [0.15, 0.2) is 12.5 Å². The molecule has 4 heteroatoms. The van der Waals surface area contributed by atoms with Gasteiger partial charge in [-0.3, -0.25) is 9.69 Å². The molecule has 1 aromatic heterocycles.